The van der Waals surface area contributed by atoms with E-state index in [0.29, 0.717) is 10.1 Å². The fraction of sp³-hybridized carbons (Fsp3) is 0.154. The van der Waals surface area contributed by atoms with Crippen LogP contribution in [0.4, 0.5) is 11.4 Å². The number of para-hydroxylation sites is 1. The molecular formula is C26H23N3OS2. The Morgan fingerprint density at radius 3 is 2.41 bits per heavy atom. The van der Waals surface area contributed by atoms with Gasteiger partial charge in [-0.2, -0.15) is 0 Å². The highest BCUT2D eigenvalue weighted by Crippen LogP contribution is 2.50. The lowest BCUT2D eigenvalue weighted by Crippen LogP contribution is -2.29. The molecule has 3 aromatic carbocycles. The zero-order valence-electron chi connectivity index (χ0n) is 18.1. The van der Waals surface area contributed by atoms with Gasteiger partial charge >= 0.3 is 0 Å². The van der Waals surface area contributed by atoms with Gasteiger partial charge in [0.2, 0.25) is 0 Å². The van der Waals surface area contributed by atoms with Crippen LogP contribution < -0.4 is 9.80 Å². The summed E-state index contributed by atoms with van der Waals surface area (Å²) in [4.78, 5) is 24.5. The van der Waals surface area contributed by atoms with Crippen molar-refractivity contribution in [1.29, 1.82) is 0 Å². The Bertz CT molecular complexity index is 1250. The molecule has 6 heteroatoms. The van der Waals surface area contributed by atoms with Crippen LogP contribution in [0, 0.1) is 6.92 Å². The van der Waals surface area contributed by atoms with E-state index in [4.69, 9.17) is 4.99 Å². The molecule has 0 aliphatic carbocycles. The van der Waals surface area contributed by atoms with E-state index in [2.05, 4.69) is 36.1 Å². The zero-order valence-corrected chi connectivity index (χ0v) is 19.8. The fourth-order valence-corrected chi connectivity index (χ4v) is 6.26. The van der Waals surface area contributed by atoms with Crippen LogP contribution in [0.15, 0.2) is 98.7 Å². The monoisotopic (exact) mass is 457 g/mol. The van der Waals surface area contributed by atoms with Gasteiger partial charge in [0.05, 0.1) is 22.4 Å². The fourth-order valence-electron chi connectivity index (χ4n) is 3.86. The van der Waals surface area contributed by atoms with Gasteiger partial charge in [-0.3, -0.25) is 14.7 Å². The second kappa shape index (κ2) is 8.52. The zero-order chi connectivity index (χ0) is 22.2. The molecule has 1 amide bonds. The first-order valence-corrected chi connectivity index (χ1v) is 12.1. The van der Waals surface area contributed by atoms with E-state index in [1.54, 1.807) is 16.7 Å². The maximum absolute atomic E-state index is 13.8. The van der Waals surface area contributed by atoms with Gasteiger partial charge in [-0.1, -0.05) is 66.4 Å². The number of aryl methyl sites for hydroxylation is 1. The van der Waals surface area contributed by atoms with Gasteiger partial charge in [0, 0.05) is 11.9 Å². The van der Waals surface area contributed by atoms with Crippen LogP contribution in [0.2, 0.25) is 0 Å². The van der Waals surface area contributed by atoms with E-state index in [9.17, 15) is 4.79 Å². The molecule has 2 aliphatic heterocycles. The third-order valence-corrected chi connectivity index (χ3v) is 7.97. The van der Waals surface area contributed by atoms with E-state index in [1.165, 1.54) is 11.8 Å². The summed E-state index contributed by atoms with van der Waals surface area (Å²) in [6.07, 6.45) is 0. The number of fused-ring (bicyclic) bond motifs is 1. The molecule has 1 saturated heterocycles. The molecule has 0 bridgehead atoms. The van der Waals surface area contributed by atoms with Crippen LogP contribution in [0.3, 0.4) is 0 Å². The highest BCUT2D eigenvalue weighted by Gasteiger charge is 2.40. The van der Waals surface area contributed by atoms with Gasteiger partial charge in [0.15, 0.2) is 5.17 Å². The normalized spacial score (nSPS) is 20.2. The number of nitrogens with zero attached hydrogens (tertiary/aromatic N) is 3. The van der Waals surface area contributed by atoms with Crippen molar-refractivity contribution in [2.75, 3.05) is 16.8 Å². The average molecular weight is 458 g/mol. The molecular weight excluding hydrogens is 434 g/mol. The summed E-state index contributed by atoms with van der Waals surface area (Å²) in [7, 11) is 2.02. The quantitative estimate of drug-likeness (QED) is 0.415. The van der Waals surface area contributed by atoms with Crippen molar-refractivity contribution in [3.8, 4) is 0 Å². The lowest BCUT2D eigenvalue weighted by atomic mass is 10.1. The Morgan fingerprint density at radius 2 is 1.66 bits per heavy atom. The number of anilines is 2. The maximum Gasteiger partial charge on any atom is 0.274 e. The molecule has 0 radical (unpaired) electrons. The average Bonchev–Trinajstić information content (AvgIpc) is 3.30. The largest absolute Gasteiger partial charge is 0.337 e. The molecule has 4 nitrogen and oxygen atoms in total. The number of thioether (sulfide) groups is 2. The van der Waals surface area contributed by atoms with Crippen molar-refractivity contribution < 1.29 is 4.79 Å². The van der Waals surface area contributed by atoms with Crippen molar-refractivity contribution in [2.24, 2.45) is 4.99 Å². The molecule has 2 aliphatic rings. The SMILES string of the molecule is Cc1cccc(N2C(=O)C(=C3Sc4ccccc4N3C)SC2=NC(C)c2ccccc2)c1. The number of carbonyl (C=O) groups excluding carboxylic acids is 1. The number of aliphatic imine (C=N–C) groups is 1. The van der Waals surface area contributed by atoms with E-state index in [-0.39, 0.29) is 11.9 Å². The summed E-state index contributed by atoms with van der Waals surface area (Å²) in [5.74, 6) is -0.0261. The molecule has 2 heterocycles. The van der Waals surface area contributed by atoms with Gasteiger partial charge in [0.1, 0.15) is 4.91 Å². The minimum atomic E-state index is -0.0608. The van der Waals surface area contributed by atoms with Crippen molar-refractivity contribution in [2.45, 2.75) is 24.8 Å². The molecule has 1 atom stereocenters. The summed E-state index contributed by atoms with van der Waals surface area (Å²) in [6, 6.07) is 26.4. The van der Waals surface area contributed by atoms with Gasteiger partial charge in [-0.25, -0.2) is 0 Å². The molecule has 0 N–H and O–H groups in total. The van der Waals surface area contributed by atoms with Crippen LogP contribution in [0.5, 0.6) is 0 Å². The van der Waals surface area contributed by atoms with Crippen molar-refractivity contribution in [1.82, 2.24) is 0 Å². The van der Waals surface area contributed by atoms with Crippen molar-refractivity contribution in [3.05, 3.63) is 99.9 Å². The Balaban J connectivity index is 1.59. The predicted molar refractivity (Wildman–Crippen MR) is 136 cm³/mol. The summed E-state index contributed by atoms with van der Waals surface area (Å²) < 4.78 is 0. The number of rotatable bonds is 3. The minimum Gasteiger partial charge on any atom is -0.337 e. The van der Waals surface area contributed by atoms with E-state index < -0.39 is 0 Å². The third-order valence-electron chi connectivity index (χ3n) is 5.56. The molecule has 160 valence electrons. The minimum absolute atomic E-state index is 0.0261. The number of amides is 1. The third kappa shape index (κ3) is 3.74. The van der Waals surface area contributed by atoms with Gasteiger partial charge in [0.25, 0.3) is 5.91 Å². The number of hydrogen-bond donors (Lipinski definition) is 0. The Hall–Kier alpha value is -2.96. The molecule has 5 rings (SSSR count). The van der Waals surface area contributed by atoms with Crippen LogP contribution in [-0.2, 0) is 4.79 Å². The Morgan fingerprint density at radius 1 is 0.906 bits per heavy atom. The lowest BCUT2D eigenvalue weighted by Gasteiger charge is -2.18. The topological polar surface area (TPSA) is 35.9 Å². The van der Waals surface area contributed by atoms with Crippen LogP contribution in [0.25, 0.3) is 0 Å². The van der Waals surface area contributed by atoms with Crippen LogP contribution >= 0.6 is 23.5 Å². The van der Waals surface area contributed by atoms with Crippen LogP contribution in [0.1, 0.15) is 24.1 Å². The molecule has 0 spiro atoms. The predicted octanol–water partition coefficient (Wildman–Crippen LogP) is 6.60. The first-order valence-electron chi connectivity index (χ1n) is 10.5. The first-order chi connectivity index (χ1) is 15.5. The molecule has 3 aromatic rings. The number of carbonyl (C=O) groups is 1. The van der Waals surface area contributed by atoms with Gasteiger partial charge < -0.3 is 4.90 Å². The summed E-state index contributed by atoms with van der Waals surface area (Å²) >= 11 is 3.11. The number of benzene rings is 3. The summed E-state index contributed by atoms with van der Waals surface area (Å²) in [5, 5.41) is 1.67. The molecule has 1 fully saturated rings. The first kappa shape index (κ1) is 20.9. The second-order valence-corrected chi connectivity index (χ2v) is 9.85. The second-order valence-electron chi connectivity index (χ2n) is 7.84. The number of amidine groups is 1. The molecule has 32 heavy (non-hydrogen) atoms. The standard InChI is InChI=1S/C26H23N3OS2/c1-17-10-9-13-20(16-17)29-24(30)23(25-28(3)21-14-7-8-15-22(21)31-25)32-26(29)27-18(2)19-11-5-4-6-12-19/h4-16,18H,1-3H3. The highest BCUT2D eigenvalue weighted by molar-refractivity contribution is 8.20. The number of hydrogen-bond acceptors (Lipinski definition) is 5. The van der Waals surface area contributed by atoms with E-state index in [1.807, 2.05) is 68.6 Å². The molecule has 1 unspecified atom stereocenters. The summed E-state index contributed by atoms with van der Waals surface area (Å²) in [6.45, 7) is 4.11. The van der Waals surface area contributed by atoms with Gasteiger partial charge in [-0.05, 0) is 61.0 Å². The lowest BCUT2D eigenvalue weighted by molar-refractivity contribution is -0.113. The highest BCUT2D eigenvalue weighted by atomic mass is 32.2. The van der Waals surface area contributed by atoms with E-state index in [0.717, 1.165) is 32.4 Å². The summed E-state index contributed by atoms with van der Waals surface area (Å²) in [5.41, 5.74) is 4.20. The van der Waals surface area contributed by atoms with Crippen LogP contribution in [-0.4, -0.2) is 18.1 Å². The molecule has 0 aromatic heterocycles. The maximum atomic E-state index is 13.8. The van der Waals surface area contributed by atoms with Crippen molar-refractivity contribution >= 4 is 46.0 Å². The van der Waals surface area contributed by atoms with Crippen molar-refractivity contribution in [3.63, 3.8) is 0 Å². The smallest absolute Gasteiger partial charge is 0.274 e. The molecule has 0 saturated carbocycles. The Kier molecular flexibility index (Phi) is 5.57. The Labute approximate surface area is 197 Å². The van der Waals surface area contributed by atoms with E-state index >= 15 is 0 Å². The van der Waals surface area contributed by atoms with Gasteiger partial charge in [-0.15, -0.1) is 0 Å².